The average molecular weight is 429 g/mol. The molecular weight excluding hydrogens is 404 g/mol. The van der Waals surface area contributed by atoms with Crippen LogP contribution in [-0.2, 0) is 0 Å². The summed E-state index contributed by atoms with van der Waals surface area (Å²) in [7, 11) is 1.73. The Bertz CT molecular complexity index is 1250. The fourth-order valence-corrected chi connectivity index (χ4v) is 4.25. The standard InChI is InChI=1S/C24H24N6S/c1-15(17-5-4-6-18(9-17)20(12-25)13-26-3)28-24-11-22(29-16(2)30-24)19-7-8-21-23(10-19)31-14-27-21/h4-15,20,25H,1-3H3,(H,28,29,30). The molecule has 31 heavy (non-hydrogen) atoms. The Hall–Kier alpha value is -3.45. The van der Waals surface area contributed by atoms with Gasteiger partial charge in [-0.05, 0) is 37.1 Å². The third-order valence-electron chi connectivity index (χ3n) is 5.11. The van der Waals surface area contributed by atoms with Crippen molar-refractivity contribution in [2.24, 2.45) is 4.99 Å². The molecule has 2 atom stereocenters. The highest BCUT2D eigenvalue weighted by atomic mass is 32.1. The number of rotatable bonds is 7. The number of hydrogen-bond acceptors (Lipinski definition) is 7. The molecule has 2 aromatic carbocycles. The van der Waals surface area contributed by atoms with E-state index < -0.39 is 0 Å². The van der Waals surface area contributed by atoms with Gasteiger partial charge >= 0.3 is 0 Å². The first-order valence-corrected chi connectivity index (χ1v) is 10.9. The van der Waals surface area contributed by atoms with E-state index in [1.54, 1.807) is 24.6 Å². The number of thiazole rings is 1. The van der Waals surface area contributed by atoms with Crippen molar-refractivity contribution in [2.45, 2.75) is 25.8 Å². The van der Waals surface area contributed by atoms with E-state index in [9.17, 15) is 0 Å². The minimum atomic E-state index is -0.119. The fourth-order valence-electron chi connectivity index (χ4n) is 3.53. The van der Waals surface area contributed by atoms with Crippen LogP contribution in [0.15, 0.2) is 59.0 Å². The van der Waals surface area contributed by atoms with E-state index in [0.29, 0.717) is 5.82 Å². The number of benzene rings is 2. The maximum atomic E-state index is 7.67. The number of aliphatic imine (C=N–C) groups is 1. The number of fused-ring (bicyclic) bond motifs is 1. The normalized spacial score (nSPS) is 13.4. The summed E-state index contributed by atoms with van der Waals surface area (Å²) in [6.45, 7) is 4.01. The van der Waals surface area contributed by atoms with Crippen molar-refractivity contribution in [3.63, 3.8) is 0 Å². The molecule has 0 spiro atoms. The Labute approximate surface area is 185 Å². The zero-order valence-electron chi connectivity index (χ0n) is 17.7. The smallest absolute Gasteiger partial charge is 0.130 e. The van der Waals surface area contributed by atoms with E-state index in [1.807, 2.05) is 42.8 Å². The quantitative estimate of drug-likeness (QED) is 0.371. The summed E-state index contributed by atoms with van der Waals surface area (Å²) in [5.41, 5.74) is 6.96. The zero-order valence-corrected chi connectivity index (χ0v) is 18.5. The van der Waals surface area contributed by atoms with Crippen LogP contribution in [-0.4, -0.2) is 34.4 Å². The molecule has 0 radical (unpaired) electrons. The molecule has 156 valence electrons. The molecule has 0 bridgehead atoms. The van der Waals surface area contributed by atoms with E-state index in [-0.39, 0.29) is 12.0 Å². The van der Waals surface area contributed by atoms with Gasteiger partial charge in [-0.2, -0.15) is 0 Å². The minimum Gasteiger partial charge on any atom is -0.363 e. The molecule has 7 heteroatoms. The highest BCUT2D eigenvalue weighted by Gasteiger charge is 2.12. The first-order chi connectivity index (χ1) is 15.1. The number of aromatic nitrogens is 3. The van der Waals surface area contributed by atoms with Gasteiger partial charge in [-0.3, -0.25) is 4.99 Å². The van der Waals surface area contributed by atoms with Crippen LogP contribution in [0.3, 0.4) is 0 Å². The lowest BCUT2D eigenvalue weighted by Gasteiger charge is -2.18. The molecule has 0 aliphatic carbocycles. The lowest BCUT2D eigenvalue weighted by molar-refractivity contribution is 0.865. The number of aryl methyl sites for hydroxylation is 1. The molecular formula is C24H24N6S. The molecule has 0 saturated carbocycles. The van der Waals surface area contributed by atoms with Gasteiger partial charge in [0.2, 0.25) is 0 Å². The number of hydrogen-bond donors (Lipinski definition) is 2. The molecule has 2 heterocycles. The Balaban J connectivity index is 1.60. The molecule has 4 aromatic rings. The molecule has 0 saturated heterocycles. The Morgan fingerprint density at radius 3 is 2.74 bits per heavy atom. The van der Waals surface area contributed by atoms with Gasteiger partial charge in [-0.25, -0.2) is 15.0 Å². The molecule has 0 aliphatic rings. The summed E-state index contributed by atoms with van der Waals surface area (Å²) in [6, 6.07) is 16.5. The van der Waals surface area contributed by atoms with Crippen LogP contribution in [0.5, 0.6) is 0 Å². The lowest BCUT2D eigenvalue weighted by atomic mass is 9.97. The maximum Gasteiger partial charge on any atom is 0.130 e. The predicted molar refractivity (Wildman–Crippen MR) is 130 cm³/mol. The first-order valence-electron chi connectivity index (χ1n) is 10.1. The maximum absolute atomic E-state index is 7.67. The van der Waals surface area contributed by atoms with Crippen molar-refractivity contribution in [3.05, 3.63) is 71.0 Å². The summed E-state index contributed by atoms with van der Waals surface area (Å²) < 4.78 is 1.14. The van der Waals surface area contributed by atoms with Crippen molar-refractivity contribution in [1.29, 1.82) is 5.41 Å². The van der Waals surface area contributed by atoms with Gasteiger partial charge in [0.1, 0.15) is 11.6 Å². The second-order valence-electron chi connectivity index (χ2n) is 7.36. The van der Waals surface area contributed by atoms with Gasteiger partial charge in [0.05, 0.1) is 27.3 Å². The van der Waals surface area contributed by atoms with Crippen molar-refractivity contribution < 1.29 is 0 Å². The summed E-state index contributed by atoms with van der Waals surface area (Å²) in [5, 5.41) is 11.2. The molecule has 2 N–H and O–H groups in total. The van der Waals surface area contributed by atoms with Gasteiger partial charge in [0.15, 0.2) is 0 Å². The van der Waals surface area contributed by atoms with E-state index in [2.05, 4.69) is 50.4 Å². The molecule has 0 fully saturated rings. The molecule has 4 rings (SSSR count). The SMILES string of the molecule is CN=CC(C=N)c1cccc(C(C)Nc2cc(-c3ccc4ncsc4c3)nc(C)n2)c1. The molecule has 6 nitrogen and oxygen atoms in total. The number of anilines is 1. The Morgan fingerprint density at radius 2 is 1.94 bits per heavy atom. The zero-order chi connectivity index (χ0) is 21.8. The van der Waals surface area contributed by atoms with E-state index in [1.165, 1.54) is 6.21 Å². The number of nitrogens with one attached hydrogen (secondary N) is 2. The van der Waals surface area contributed by atoms with E-state index >= 15 is 0 Å². The highest BCUT2D eigenvalue weighted by molar-refractivity contribution is 7.16. The Morgan fingerprint density at radius 1 is 1.10 bits per heavy atom. The monoisotopic (exact) mass is 428 g/mol. The minimum absolute atomic E-state index is 0.0380. The van der Waals surface area contributed by atoms with Crippen molar-refractivity contribution >= 4 is 39.8 Å². The van der Waals surface area contributed by atoms with Crippen molar-refractivity contribution in [1.82, 2.24) is 15.0 Å². The second-order valence-corrected chi connectivity index (χ2v) is 8.24. The van der Waals surface area contributed by atoms with E-state index in [0.717, 1.165) is 38.4 Å². The highest BCUT2D eigenvalue weighted by Crippen LogP contribution is 2.28. The summed E-state index contributed by atoms with van der Waals surface area (Å²) in [6.07, 6.45) is 3.19. The van der Waals surface area contributed by atoms with Crippen LogP contribution in [0, 0.1) is 12.3 Å². The van der Waals surface area contributed by atoms with Crippen molar-refractivity contribution in [2.75, 3.05) is 12.4 Å². The lowest BCUT2D eigenvalue weighted by Crippen LogP contribution is -2.10. The average Bonchev–Trinajstić information content (AvgIpc) is 3.25. The van der Waals surface area contributed by atoms with Gasteiger partial charge < -0.3 is 10.7 Å². The largest absolute Gasteiger partial charge is 0.363 e. The second kappa shape index (κ2) is 9.14. The summed E-state index contributed by atoms with van der Waals surface area (Å²) >= 11 is 1.63. The number of nitrogens with zero attached hydrogens (tertiary/aromatic N) is 4. The van der Waals surface area contributed by atoms with Gasteiger partial charge in [-0.15, -0.1) is 11.3 Å². The predicted octanol–water partition coefficient (Wildman–Crippen LogP) is 5.67. The first kappa shape index (κ1) is 20.8. The van der Waals surface area contributed by atoms with E-state index in [4.69, 9.17) is 5.41 Å². The van der Waals surface area contributed by atoms with Crippen LogP contribution < -0.4 is 5.32 Å². The van der Waals surface area contributed by atoms with Crippen LogP contribution in [0.25, 0.3) is 21.5 Å². The van der Waals surface area contributed by atoms with Gasteiger partial charge in [0, 0.05) is 37.1 Å². The van der Waals surface area contributed by atoms with Gasteiger partial charge in [0.25, 0.3) is 0 Å². The van der Waals surface area contributed by atoms with Crippen LogP contribution in [0.2, 0.25) is 0 Å². The topological polar surface area (TPSA) is 86.9 Å². The van der Waals surface area contributed by atoms with Crippen LogP contribution in [0.1, 0.15) is 35.8 Å². The fraction of sp³-hybridized carbons (Fsp3) is 0.208. The Kier molecular flexibility index (Phi) is 6.13. The third kappa shape index (κ3) is 4.67. The van der Waals surface area contributed by atoms with Crippen molar-refractivity contribution in [3.8, 4) is 11.3 Å². The molecule has 2 aromatic heterocycles. The molecule has 0 aliphatic heterocycles. The van der Waals surface area contributed by atoms with Gasteiger partial charge in [-0.1, -0.05) is 30.3 Å². The third-order valence-corrected chi connectivity index (χ3v) is 5.91. The summed E-state index contributed by atoms with van der Waals surface area (Å²) in [4.78, 5) is 17.7. The molecule has 2 unspecified atom stereocenters. The summed E-state index contributed by atoms with van der Waals surface area (Å²) in [5.74, 6) is 1.38. The van der Waals surface area contributed by atoms with Crippen LogP contribution >= 0.6 is 11.3 Å². The van der Waals surface area contributed by atoms with Crippen LogP contribution in [0.4, 0.5) is 5.82 Å². The molecule has 0 amide bonds.